The molecule has 2 aromatic rings. The molecule has 0 aliphatic carbocycles. The van der Waals surface area contributed by atoms with Crippen molar-refractivity contribution in [3.63, 3.8) is 0 Å². The molecule has 0 saturated heterocycles. The number of aromatic nitrogens is 2. The molecule has 1 aromatic carbocycles. The Morgan fingerprint density at radius 2 is 2.11 bits per heavy atom. The Morgan fingerprint density at radius 1 is 1.33 bits per heavy atom. The van der Waals surface area contributed by atoms with E-state index < -0.39 is 0 Å². The third-order valence-electron chi connectivity index (χ3n) is 3.31. The van der Waals surface area contributed by atoms with Gasteiger partial charge in [0.1, 0.15) is 6.07 Å². The van der Waals surface area contributed by atoms with Gasteiger partial charge in [-0.2, -0.15) is 10.4 Å². The van der Waals surface area contributed by atoms with Crippen LogP contribution < -0.4 is 5.32 Å². The fraction of sp³-hybridized carbons (Fsp3) is 0.286. The Bertz CT molecular complexity index is 616. The summed E-state index contributed by atoms with van der Waals surface area (Å²) < 4.78 is 1.91. The number of hydrogen-bond acceptors (Lipinski definition) is 3. The van der Waals surface area contributed by atoms with E-state index in [0.717, 1.165) is 36.5 Å². The number of hydrogen-bond donors (Lipinski definition) is 1. The largest absolute Gasteiger partial charge is 0.312 e. The summed E-state index contributed by atoms with van der Waals surface area (Å²) in [5.74, 6) is 0. The van der Waals surface area contributed by atoms with Crippen molar-refractivity contribution in [1.29, 1.82) is 5.26 Å². The quantitative estimate of drug-likeness (QED) is 0.822. The van der Waals surface area contributed by atoms with Gasteiger partial charge in [0.15, 0.2) is 5.69 Å². The molecule has 1 aliphatic rings. The van der Waals surface area contributed by atoms with Gasteiger partial charge < -0.3 is 5.32 Å². The first-order valence-electron chi connectivity index (χ1n) is 6.08. The van der Waals surface area contributed by atoms with Gasteiger partial charge >= 0.3 is 0 Å². The summed E-state index contributed by atoms with van der Waals surface area (Å²) >= 11 is 0. The van der Waals surface area contributed by atoms with Crippen molar-refractivity contribution < 1.29 is 0 Å². The SMILES string of the molecule is Cc1ccc(-n2nc(C#N)c3c2CCNC3)cc1. The molecule has 2 heterocycles. The summed E-state index contributed by atoms with van der Waals surface area (Å²) in [5.41, 5.74) is 5.00. The number of nitrogens with one attached hydrogen (secondary N) is 1. The lowest BCUT2D eigenvalue weighted by molar-refractivity contribution is 0.622. The van der Waals surface area contributed by atoms with Crippen molar-refractivity contribution in [3.05, 3.63) is 46.8 Å². The predicted molar refractivity (Wildman–Crippen MR) is 68.4 cm³/mol. The molecule has 0 bridgehead atoms. The van der Waals surface area contributed by atoms with Crippen LogP contribution in [0, 0.1) is 18.3 Å². The summed E-state index contributed by atoms with van der Waals surface area (Å²) in [4.78, 5) is 0. The molecule has 0 fully saturated rings. The summed E-state index contributed by atoms with van der Waals surface area (Å²) in [6, 6.07) is 10.4. The van der Waals surface area contributed by atoms with E-state index in [9.17, 15) is 0 Å². The van der Waals surface area contributed by atoms with Gasteiger partial charge in [0, 0.05) is 25.1 Å². The van der Waals surface area contributed by atoms with E-state index in [2.05, 4.69) is 35.5 Å². The minimum atomic E-state index is 0.540. The van der Waals surface area contributed by atoms with E-state index in [0.29, 0.717) is 5.69 Å². The standard InChI is InChI=1S/C14H14N4/c1-10-2-4-11(5-3-10)18-14-6-7-16-9-12(14)13(8-15)17-18/h2-5,16H,6-7,9H2,1H3. The summed E-state index contributed by atoms with van der Waals surface area (Å²) in [6.07, 6.45) is 0.915. The van der Waals surface area contributed by atoms with Crippen LogP contribution in [0.4, 0.5) is 0 Å². The van der Waals surface area contributed by atoms with Gasteiger partial charge in [0.2, 0.25) is 0 Å². The number of nitriles is 1. The lowest BCUT2D eigenvalue weighted by atomic mass is 10.1. The highest BCUT2D eigenvalue weighted by molar-refractivity contribution is 5.43. The zero-order valence-electron chi connectivity index (χ0n) is 10.3. The van der Waals surface area contributed by atoms with Crippen LogP contribution >= 0.6 is 0 Å². The molecular formula is C14H14N4. The van der Waals surface area contributed by atoms with Gasteiger partial charge in [-0.25, -0.2) is 4.68 Å². The molecule has 0 amide bonds. The van der Waals surface area contributed by atoms with Crippen molar-refractivity contribution in [1.82, 2.24) is 15.1 Å². The minimum absolute atomic E-state index is 0.540. The third kappa shape index (κ3) is 1.69. The van der Waals surface area contributed by atoms with Gasteiger partial charge in [0.05, 0.1) is 11.4 Å². The Balaban J connectivity index is 2.15. The molecule has 90 valence electrons. The second-order valence-electron chi connectivity index (χ2n) is 4.56. The Labute approximate surface area is 106 Å². The number of benzene rings is 1. The average molecular weight is 238 g/mol. The van der Waals surface area contributed by atoms with Crippen molar-refractivity contribution in [2.75, 3.05) is 6.54 Å². The Hall–Kier alpha value is -2.12. The maximum Gasteiger partial charge on any atom is 0.167 e. The van der Waals surface area contributed by atoms with Gasteiger partial charge in [-0.05, 0) is 19.1 Å². The second-order valence-corrected chi connectivity index (χ2v) is 4.56. The van der Waals surface area contributed by atoms with Crippen molar-refractivity contribution >= 4 is 0 Å². The number of aryl methyl sites for hydroxylation is 1. The number of fused-ring (bicyclic) bond motifs is 1. The van der Waals surface area contributed by atoms with Crippen LogP contribution in [0.25, 0.3) is 5.69 Å². The summed E-state index contributed by atoms with van der Waals surface area (Å²) in [6.45, 7) is 3.74. The van der Waals surface area contributed by atoms with E-state index in [1.165, 1.54) is 5.56 Å². The Kier molecular flexibility index (Phi) is 2.62. The fourth-order valence-electron chi connectivity index (χ4n) is 2.34. The molecule has 0 saturated carbocycles. The zero-order valence-corrected chi connectivity index (χ0v) is 10.3. The summed E-state index contributed by atoms with van der Waals surface area (Å²) in [7, 11) is 0. The summed E-state index contributed by atoms with van der Waals surface area (Å²) in [5, 5.41) is 16.9. The molecule has 0 atom stereocenters. The van der Waals surface area contributed by atoms with Crippen LogP contribution in [0.2, 0.25) is 0 Å². The average Bonchev–Trinajstić information content (AvgIpc) is 2.79. The lowest BCUT2D eigenvalue weighted by Gasteiger charge is -2.15. The topological polar surface area (TPSA) is 53.6 Å². The first-order chi connectivity index (χ1) is 8.79. The van der Waals surface area contributed by atoms with Gasteiger partial charge in [0.25, 0.3) is 0 Å². The normalized spacial score (nSPS) is 14.0. The molecule has 1 aliphatic heterocycles. The van der Waals surface area contributed by atoms with Crippen LogP contribution in [0.5, 0.6) is 0 Å². The Morgan fingerprint density at radius 3 is 2.83 bits per heavy atom. The lowest BCUT2D eigenvalue weighted by Crippen LogP contribution is -2.24. The molecule has 0 spiro atoms. The predicted octanol–water partition coefficient (Wildman–Crippen LogP) is 1.70. The maximum atomic E-state index is 9.14. The van der Waals surface area contributed by atoms with Crippen LogP contribution in [0.1, 0.15) is 22.5 Å². The first kappa shape index (κ1) is 11.0. The molecule has 1 N–H and O–H groups in total. The first-order valence-corrected chi connectivity index (χ1v) is 6.08. The highest BCUT2D eigenvalue weighted by atomic mass is 15.3. The van der Waals surface area contributed by atoms with E-state index in [-0.39, 0.29) is 0 Å². The van der Waals surface area contributed by atoms with Crippen LogP contribution in [0.15, 0.2) is 24.3 Å². The smallest absolute Gasteiger partial charge is 0.167 e. The van der Waals surface area contributed by atoms with Gasteiger partial charge in [-0.15, -0.1) is 0 Å². The molecule has 1 aromatic heterocycles. The second kappa shape index (κ2) is 4.28. The molecule has 0 unspecified atom stereocenters. The molecule has 4 heteroatoms. The van der Waals surface area contributed by atoms with Gasteiger partial charge in [-0.3, -0.25) is 0 Å². The van der Waals surface area contributed by atoms with E-state index in [1.807, 2.05) is 16.8 Å². The minimum Gasteiger partial charge on any atom is -0.312 e. The highest BCUT2D eigenvalue weighted by Crippen LogP contribution is 2.21. The van der Waals surface area contributed by atoms with Crippen molar-refractivity contribution in [2.24, 2.45) is 0 Å². The van der Waals surface area contributed by atoms with E-state index in [1.54, 1.807) is 0 Å². The van der Waals surface area contributed by atoms with Crippen LogP contribution in [-0.2, 0) is 13.0 Å². The molecular weight excluding hydrogens is 224 g/mol. The maximum absolute atomic E-state index is 9.14. The molecule has 18 heavy (non-hydrogen) atoms. The highest BCUT2D eigenvalue weighted by Gasteiger charge is 2.20. The van der Waals surface area contributed by atoms with E-state index in [4.69, 9.17) is 5.26 Å². The fourth-order valence-corrected chi connectivity index (χ4v) is 2.34. The van der Waals surface area contributed by atoms with Gasteiger partial charge in [-0.1, -0.05) is 17.7 Å². The number of rotatable bonds is 1. The third-order valence-corrected chi connectivity index (χ3v) is 3.31. The molecule has 0 radical (unpaired) electrons. The zero-order chi connectivity index (χ0) is 12.5. The van der Waals surface area contributed by atoms with Crippen molar-refractivity contribution in [2.45, 2.75) is 19.9 Å². The van der Waals surface area contributed by atoms with E-state index >= 15 is 0 Å². The monoisotopic (exact) mass is 238 g/mol. The molecule has 4 nitrogen and oxygen atoms in total. The molecule has 3 rings (SSSR count). The number of nitrogens with zero attached hydrogens (tertiary/aromatic N) is 3. The van der Waals surface area contributed by atoms with Crippen molar-refractivity contribution in [3.8, 4) is 11.8 Å². The van der Waals surface area contributed by atoms with Crippen LogP contribution in [-0.4, -0.2) is 16.3 Å². The van der Waals surface area contributed by atoms with Crippen LogP contribution in [0.3, 0.4) is 0 Å².